The summed E-state index contributed by atoms with van der Waals surface area (Å²) in [5.41, 5.74) is 0. The Hall–Kier alpha value is -0.610. The molecule has 1 radical (unpaired) electrons. The molecule has 1 amide bonds. The van der Waals surface area contributed by atoms with Gasteiger partial charge in [0.15, 0.2) is 0 Å². The molecule has 3 N–H and O–H groups in total. The van der Waals surface area contributed by atoms with E-state index in [1.165, 1.54) is 6.92 Å². The minimum absolute atomic E-state index is 0.0500. The summed E-state index contributed by atoms with van der Waals surface area (Å²) in [5, 5.41) is 15.4. The van der Waals surface area contributed by atoms with Crippen molar-refractivity contribution in [2.75, 3.05) is 6.54 Å². The maximum Gasteiger partial charge on any atom is 0.217 e. The fourth-order valence-electron chi connectivity index (χ4n) is 1.76. The number of nitrogens with one attached hydrogen (secondary N) is 2. The largest absolute Gasteiger partial charge is 0.393 e. The van der Waals surface area contributed by atoms with Gasteiger partial charge in [0.1, 0.15) is 0 Å². The van der Waals surface area contributed by atoms with Gasteiger partial charge in [0.25, 0.3) is 0 Å². The molecule has 0 saturated carbocycles. The van der Waals surface area contributed by atoms with Crippen molar-refractivity contribution >= 4 is 5.91 Å². The van der Waals surface area contributed by atoms with Crippen LogP contribution in [0.3, 0.4) is 0 Å². The quantitative estimate of drug-likeness (QED) is 0.601. The van der Waals surface area contributed by atoms with Crippen LogP contribution in [0, 0.1) is 12.5 Å². The number of aliphatic hydroxyl groups is 1. The highest BCUT2D eigenvalue weighted by atomic mass is 16.3. The molecule has 0 aromatic heterocycles. The molecule has 1 heterocycles. The normalized spacial score (nSPS) is 29.6. The van der Waals surface area contributed by atoms with E-state index in [0.717, 1.165) is 19.4 Å². The van der Waals surface area contributed by atoms with Gasteiger partial charge in [0, 0.05) is 13.0 Å². The lowest BCUT2D eigenvalue weighted by Crippen LogP contribution is -2.44. The van der Waals surface area contributed by atoms with Gasteiger partial charge >= 0.3 is 0 Å². The summed E-state index contributed by atoms with van der Waals surface area (Å²) in [6, 6.07) is 0.187. The minimum Gasteiger partial charge on any atom is -0.393 e. The molecule has 1 rings (SSSR count). The Bertz CT molecular complexity index is 195. The second-order valence-corrected chi connectivity index (χ2v) is 3.95. The lowest BCUT2D eigenvalue weighted by atomic mass is 9.88. The molecular formula is C10H19N2O2. The summed E-state index contributed by atoms with van der Waals surface area (Å²) in [5.74, 6) is 0.289. The first-order valence-electron chi connectivity index (χ1n) is 5.11. The van der Waals surface area contributed by atoms with Gasteiger partial charge in [-0.05, 0) is 32.2 Å². The highest BCUT2D eigenvalue weighted by Gasteiger charge is 2.24. The standard InChI is InChI=1S/C10H19N2O2/c1-7(13)9-3-4-11-10(5-9)6-12-8(2)14/h6-7,9-11,13H,3-5H2,1-2H3,(H,12,14). The molecular weight excluding hydrogens is 180 g/mol. The van der Waals surface area contributed by atoms with Crippen LogP contribution in [0.4, 0.5) is 0 Å². The third-order valence-electron chi connectivity index (χ3n) is 2.65. The molecule has 1 fully saturated rings. The molecule has 0 aliphatic carbocycles. The molecule has 81 valence electrons. The zero-order valence-corrected chi connectivity index (χ0v) is 8.79. The fraction of sp³-hybridized carbons (Fsp3) is 0.800. The van der Waals surface area contributed by atoms with Crippen LogP contribution in [0.1, 0.15) is 26.7 Å². The summed E-state index contributed by atoms with van der Waals surface area (Å²) in [7, 11) is 0. The topological polar surface area (TPSA) is 61.4 Å². The smallest absolute Gasteiger partial charge is 0.217 e. The van der Waals surface area contributed by atoms with E-state index in [-0.39, 0.29) is 18.1 Å². The maximum absolute atomic E-state index is 10.7. The van der Waals surface area contributed by atoms with E-state index in [0.29, 0.717) is 5.92 Å². The van der Waals surface area contributed by atoms with Crippen molar-refractivity contribution < 1.29 is 9.90 Å². The third kappa shape index (κ3) is 3.64. The van der Waals surface area contributed by atoms with Crippen LogP contribution in [0.5, 0.6) is 0 Å². The van der Waals surface area contributed by atoms with Crippen LogP contribution in [-0.2, 0) is 4.79 Å². The average Bonchev–Trinajstić information content (AvgIpc) is 2.15. The van der Waals surface area contributed by atoms with Gasteiger partial charge in [-0.1, -0.05) is 0 Å². The van der Waals surface area contributed by atoms with Crippen LogP contribution < -0.4 is 10.6 Å². The predicted molar refractivity (Wildman–Crippen MR) is 54.3 cm³/mol. The molecule has 4 nitrogen and oxygen atoms in total. The van der Waals surface area contributed by atoms with Gasteiger partial charge in [-0.2, -0.15) is 0 Å². The molecule has 4 heteroatoms. The van der Waals surface area contributed by atoms with Crippen LogP contribution in [0.15, 0.2) is 0 Å². The molecule has 1 aliphatic heterocycles. The van der Waals surface area contributed by atoms with Crippen molar-refractivity contribution in [3.05, 3.63) is 6.54 Å². The van der Waals surface area contributed by atoms with Crippen LogP contribution in [0.2, 0.25) is 0 Å². The summed E-state index contributed by atoms with van der Waals surface area (Å²) in [6.45, 7) is 5.99. The van der Waals surface area contributed by atoms with Gasteiger partial charge in [0.2, 0.25) is 5.91 Å². The SMILES string of the molecule is CC(=O)N[CH]C1CC(C(C)O)CCN1. The fourth-order valence-corrected chi connectivity index (χ4v) is 1.76. The molecule has 0 aromatic rings. The van der Waals surface area contributed by atoms with E-state index in [4.69, 9.17) is 0 Å². The number of hydrogen-bond donors (Lipinski definition) is 3. The van der Waals surface area contributed by atoms with Gasteiger partial charge in [-0.25, -0.2) is 0 Å². The second kappa shape index (κ2) is 5.32. The molecule has 0 bridgehead atoms. The zero-order valence-electron chi connectivity index (χ0n) is 8.79. The highest BCUT2D eigenvalue weighted by molar-refractivity contribution is 5.73. The van der Waals surface area contributed by atoms with Crippen molar-refractivity contribution in [1.29, 1.82) is 0 Å². The highest BCUT2D eigenvalue weighted by Crippen LogP contribution is 2.20. The van der Waals surface area contributed by atoms with Crippen molar-refractivity contribution in [2.24, 2.45) is 5.92 Å². The third-order valence-corrected chi connectivity index (χ3v) is 2.65. The summed E-state index contributed by atoms with van der Waals surface area (Å²) >= 11 is 0. The Kier molecular flexibility index (Phi) is 4.35. The average molecular weight is 199 g/mol. The zero-order chi connectivity index (χ0) is 10.6. The van der Waals surface area contributed by atoms with Gasteiger partial charge in [-0.3, -0.25) is 4.79 Å². The Balaban J connectivity index is 2.29. The molecule has 14 heavy (non-hydrogen) atoms. The van der Waals surface area contributed by atoms with Gasteiger partial charge in [-0.15, -0.1) is 0 Å². The Morgan fingerprint density at radius 2 is 2.43 bits per heavy atom. The first-order chi connectivity index (χ1) is 6.59. The summed E-state index contributed by atoms with van der Waals surface area (Å²) < 4.78 is 0. The van der Waals surface area contributed by atoms with E-state index in [9.17, 15) is 9.90 Å². The van der Waals surface area contributed by atoms with Crippen LogP contribution in [-0.4, -0.2) is 29.7 Å². The first kappa shape index (κ1) is 11.5. The van der Waals surface area contributed by atoms with Crippen molar-refractivity contribution in [3.8, 4) is 0 Å². The summed E-state index contributed by atoms with van der Waals surface area (Å²) in [4.78, 5) is 10.7. The minimum atomic E-state index is -0.259. The number of piperidine rings is 1. The summed E-state index contributed by atoms with van der Waals surface area (Å²) in [6.07, 6.45) is 1.63. The second-order valence-electron chi connectivity index (χ2n) is 3.95. The Labute approximate surface area is 85.1 Å². The molecule has 3 atom stereocenters. The Morgan fingerprint density at radius 1 is 1.71 bits per heavy atom. The molecule has 0 aromatic carbocycles. The monoisotopic (exact) mass is 199 g/mol. The number of amides is 1. The molecule has 1 aliphatic rings. The number of hydrogen-bond acceptors (Lipinski definition) is 3. The van der Waals surface area contributed by atoms with Crippen molar-refractivity contribution in [2.45, 2.75) is 38.8 Å². The molecule has 3 unspecified atom stereocenters. The number of carbonyl (C=O) groups is 1. The van der Waals surface area contributed by atoms with E-state index >= 15 is 0 Å². The first-order valence-corrected chi connectivity index (χ1v) is 5.11. The van der Waals surface area contributed by atoms with E-state index in [1.807, 2.05) is 6.92 Å². The number of rotatable bonds is 3. The van der Waals surface area contributed by atoms with Gasteiger partial charge in [0.05, 0.1) is 12.6 Å². The van der Waals surface area contributed by atoms with Crippen molar-refractivity contribution in [1.82, 2.24) is 10.6 Å². The number of aliphatic hydroxyl groups excluding tert-OH is 1. The Morgan fingerprint density at radius 3 is 3.00 bits per heavy atom. The van der Waals surface area contributed by atoms with E-state index in [1.54, 1.807) is 6.54 Å². The number of carbonyl (C=O) groups excluding carboxylic acids is 1. The van der Waals surface area contributed by atoms with Crippen LogP contribution >= 0.6 is 0 Å². The van der Waals surface area contributed by atoms with E-state index < -0.39 is 0 Å². The van der Waals surface area contributed by atoms with Crippen LogP contribution in [0.25, 0.3) is 0 Å². The van der Waals surface area contributed by atoms with E-state index in [2.05, 4.69) is 10.6 Å². The lowest BCUT2D eigenvalue weighted by Gasteiger charge is -2.31. The predicted octanol–water partition coefficient (Wildman–Crippen LogP) is 0.0333. The maximum atomic E-state index is 10.7. The van der Waals surface area contributed by atoms with Crippen molar-refractivity contribution in [3.63, 3.8) is 0 Å². The molecule has 1 saturated heterocycles. The lowest BCUT2D eigenvalue weighted by molar-refractivity contribution is -0.118. The molecule has 0 spiro atoms. The van der Waals surface area contributed by atoms with Gasteiger partial charge < -0.3 is 15.7 Å².